The normalized spacial score (nSPS) is 12.4. The molecule has 0 saturated carbocycles. The van der Waals surface area contributed by atoms with Gasteiger partial charge in [-0.2, -0.15) is 0 Å². The van der Waals surface area contributed by atoms with Crippen molar-refractivity contribution >= 4 is 5.91 Å². The van der Waals surface area contributed by atoms with Gasteiger partial charge in [0.1, 0.15) is 5.76 Å². The molecule has 0 radical (unpaired) electrons. The summed E-state index contributed by atoms with van der Waals surface area (Å²) in [6, 6.07) is 4.16. The summed E-state index contributed by atoms with van der Waals surface area (Å²) in [6.07, 6.45) is 3.54. The lowest BCUT2D eigenvalue weighted by atomic mass is 10.1. The van der Waals surface area contributed by atoms with Crippen molar-refractivity contribution in [2.45, 2.75) is 25.8 Å². The molecule has 1 aromatic rings. The van der Waals surface area contributed by atoms with Gasteiger partial charge in [0.05, 0.1) is 12.8 Å². The van der Waals surface area contributed by atoms with Crippen molar-refractivity contribution in [3.63, 3.8) is 0 Å². The van der Waals surface area contributed by atoms with Gasteiger partial charge in [0, 0.05) is 19.5 Å². The average molecular weight is 210 g/mol. The number of hydrogen-bond acceptors (Lipinski definition) is 3. The number of amides is 1. The van der Waals surface area contributed by atoms with E-state index >= 15 is 0 Å². The van der Waals surface area contributed by atoms with Crippen LogP contribution in [0.15, 0.2) is 22.8 Å². The molecule has 1 rings (SSSR count). The third-order valence-electron chi connectivity index (χ3n) is 2.29. The van der Waals surface area contributed by atoms with Crippen LogP contribution in [0.3, 0.4) is 0 Å². The number of rotatable bonds is 6. The zero-order chi connectivity index (χ0) is 11.1. The van der Waals surface area contributed by atoms with Crippen LogP contribution in [-0.4, -0.2) is 25.5 Å². The Hall–Kier alpha value is -1.29. The van der Waals surface area contributed by atoms with Crippen molar-refractivity contribution in [1.29, 1.82) is 0 Å². The molecule has 1 atom stereocenters. The highest BCUT2D eigenvalue weighted by Gasteiger charge is 2.05. The first kappa shape index (κ1) is 11.8. The number of carbonyl (C=O) groups is 1. The Labute approximate surface area is 90.0 Å². The van der Waals surface area contributed by atoms with Gasteiger partial charge >= 0.3 is 0 Å². The Balaban J connectivity index is 2.13. The molecule has 0 aliphatic heterocycles. The predicted molar refractivity (Wildman–Crippen MR) is 58.6 cm³/mol. The zero-order valence-corrected chi connectivity index (χ0v) is 9.25. The van der Waals surface area contributed by atoms with E-state index in [1.54, 1.807) is 13.3 Å². The Bertz CT molecular complexity index is 283. The number of furan rings is 1. The van der Waals surface area contributed by atoms with Crippen molar-refractivity contribution < 1.29 is 9.21 Å². The largest absolute Gasteiger partial charge is 0.469 e. The van der Waals surface area contributed by atoms with E-state index in [9.17, 15) is 4.79 Å². The molecule has 1 unspecified atom stereocenters. The molecule has 2 N–H and O–H groups in total. The summed E-state index contributed by atoms with van der Waals surface area (Å²) in [5.74, 6) is 1.00. The van der Waals surface area contributed by atoms with Crippen LogP contribution >= 0.6 is 0 Å². The minimum atomic E-state index is 0.0137. The van der Waals surface area contributed by atoms with E-state index in [4.69, 9.17) is 4.42 Å². The first-order chi connectivity index (χ1) is 7.22. The molecule has 1 heterocycles. The highest BCUT2D eigenvalue weighted by molar-refractivity contribution is 5.77. The standard InChI is InChI=1S/C11H18N2O2/c1-9(13-8-11(14)12-2)5-6-10-4-3-7-15-10/h3-4,7,9,13H,5-6,8H2,1-2H3,(H,12,14). The van der Waals surface area contributed by atoms with Crippen LogP contribution < -0.4 is 10.6 Å². The summed E-state index contributed by atoms with van der Waals surface area (Å²) in [5.41, 5.74) is 0. The lowest BCUT2D eigenvalue weighted by Gasteiger charge is -2.11. The van der Waals surface area contributed by atoms with Crippen LogP contribution in [0, 0.1) is 0 Å². The maximum atomic E-state index is 11.0. The van der Waals surface area contributed by atoms with Crippen molar-refractivity contribution in [1.82, 2.24) is 10.6 Å². The third kappa shape index (κ3) is 4.65. The third-order valence-corrected chi connectivity index (χ3v) is 2.29. The monoisotopic (exact) mass is 210 g/mol. The van der Waals surface area contributed by atoms with Gasteiger partial charge in [-0.05, 0) is 25.5 Å². The first-order valence-electron chi connectivity index (χ1n) is 5.18. The van der Waals surface area contributed by atoms with E-state index < -0.39 is 0 Å². The van der Waals surface area contributed by atoms with Crippen LogP contribution in [0.1, 0.15) is 19.1 Å². The Morgan fingerprint density at radius 3 is 3.00 bits per heavy atom. The van der Waals surface area contributed by atoms with Crippen molar-refractivity contribution in [3.05, 3.63) is 24.2 Å². The minimum absolute atomic E-state index is 0.0137. The van der Waals surface area contributed by atoms with E-state index in [2.05, 4.69) is 17.6 Å². The summed E-state index contributed by atoms with van der Waals surface area (Å²) in [5, 5.41) is 5.71. The quantitative estimate of drug-likeness (QED) is 0.734. The highest BCUT2D eigenvalue weighted by Crippen LogP contribution is 2.05. The molecule has 0 aromatic carbocycles. The van der Waals surface area contributed by atoms with Gasteiger partial charge in [0.2, 0.25) is 5.91 Å². The van der Waals surface area contributed by atoms with Crippen LogP contribution in [-0.2, 0) is 11.2 Å². The topological polar surface area (TPSA) is 54.3 Å². The van der Waals surface area contributed by atoms with Crippen molar-refractivity contribution in [3.8, 4) is 0 Å². The average Bonchev–Trinajstić information content (AvgIpc) is 2.75. The number of aryl methyl sites for hydroxylation is 1. The molecule has 4 nitrogen and oxygen atoms in total. The predicted octanol–water partition coefficient (Wildman–Crippen LogP) is 0.936. The maximum Gasteiger partial charge on any atom is 0.233 e. The number of nitrogens with one attached hydrogen (secondary N) is 2. The number of likely N-dealkylation sites (N-methyl/N-ethyl adjacent to an activating group) is 1. The van der Waals surface area contributed by atoms with Crippen LogP contribution in [0.25, 0.3) is 0 Å². The van der Waals surface area contributed by atoms with Gasteiger partial charge < -0.3 is 15.1 Å². The summed E-state index contributed by atoms with van der Waals surface area (Å²) in [7, 11) is 1.64. The Kier molecular flexibility index (Phi) is 4.90. The van der Waals surface area contributed by atoms with Gasteiger partial charge in [-0.25, -0.2) is 0 Å². The van der Waals surface area contributed by atoms with E-state index in [0.717, 1.165) is 18.6 Å². The van der Waals surface area contributed by atoms with Crippen LogP contribution in [0.2, 0.25) is 0 Å². The summed E-state index contributed by atoms with van der Waals surface area (Å²) in [4.78, 5) is 11.0. The van der Waals surface area contributed by atoms with Gasteiger partial charge in [-0.1, -0.05) is 0 Å². The fraction of sp³-hybridized carbons (Fsp3) is 0.545. The van der Waals surface area contributed by atoms with Crippen molar-refractivity contribution in [2.24, 2.45) is 0 Å². The van der Waals surface area contributed by atoms with E-state index in [-0.39, 0.29) is 5.91 Å². The lowest BCUT2D eigenvalue weighted by molar-refractivity contribution is -0.119. The second-order valence-corrected chi connectivity index (χ2v) is 3.57. The smallest absolute Gasteiger partial charge is 0.233 e. The van der Waals surface area contributed by atoms with Gasteiger partial charge in [0.25, 0.3) is 0 Å². The summed E-state index contributed by atoms with van der Waals surface area (Å²) in [6.45, 7) is 2.43. The second kappa shape index (κ2) is 6.24. The fourth-order valence-electron chi connectivity index (χ4n) is 1.27. The molecule has 15 heavy (non-hydrogen) atoms. The molecule has 1 aromatic heterocycles. The molecular formula is C11H18N2O2. The molecular weight excluding hydrogens is 192 g/mol. The van der Waals surface area contributed by atoms with Crippen LogP contribution in [0.4, 0.5) is 0 Å². The van der Waals surface area contributed by atoms with E-state index in [1.807, 2.05) is 12.1 Å². The fourth-order valence-corrected chi connectivity index (χ4v) is 1.27. The molecule has 0 fully saturated rings. The van der Waals surface area contributed by atoms with E-state index in [0.29, 0.717) is 12.6 Å². The zero-order valence-electron chi connectivity index (χ0n) is 9.25. The van der Waals surface area contributed by atoms with Gasteiger partial charge in [-0.15, -0.1) is 0 Å². The molecule has 0 aliphatic rings. The molecule has 0 spiro atoms. The molecule has 84 valence electrons. The highest BCUT2D eigenvalue weighted by atomic mass is 16.3. The molecule has 1 amide bonds. The van der Waals surface area contributed by atoms with Crippen molar-refractivity contribution in [2.75, 3.05) is 13.6 Å². The molecule has 0 bridgehead atoms. The molecule has 0 saturated heterocycles. The van der Waals surface area contributed by atoms with Gasteiger partial charge in [0.15, 0.2) is 0 Å². The Morgan fingerprint density at radius 1 is 1.60 bits per heavy atom. The molecule has 0 aliphatic carbocycles. The van der Waals surface area contributed by atoms with Crippen LogP contribution in [0.5, 0.6) is 0 Å². The first-order valence-corrected chi connectivity index (χ1v) is 5.18. The summed E-state index contributed by atoms with van der Waals surface area (Å²) < 4.78 is 5.22. The van der Waals surface area contributed by atoms with E-state index in [1.165, 1.54) is 0 Å². The maximum absolute atomic E-state index is 11.0. The van der Waals surface area contributed by atoms with Gasteiger partial charge in [-0.3, -0.25) is 4.79 Å². The molecule has 4 heteroatoms. The number of carbonyl (C=O) groups excluding carboxylic acids is 1. The lowest BCUT2D eigenvalue weighted by Crippen LogP contribution is -2.36. The second-order valence-electron chi connectivity index (χ2n) is 3.57. The SMILES string of the molecule is CNC(=O)CNC(C)CCc1ccco1. The Morgan fingerprint density at radius 2 is 2.40 bits per heavy atom. The number of hydrogen-bond donors (Lipinski definition) is 2. The summed E-state index contributed by atoms with van der Waals surface area (Å²) >= 11 is 0. The minimum Gasteiger partial charge on any atom is -0.469 e.